The van der Waals surface area contributed by atoms with E-state index in [1.165, 1.54) is 5.56 Å². The quantitative estimate of drug-likeness (QED) is 0.836. The number of nitrogens with zero attached hydrogens (tertiary/aromatic N) is 1. The maximum atomic E-state index is 11.1. The van der Waals surface area contributed by atoms with Crippen molar-refractivity contribution in [3.63, 3.8) is 0 Å². The number of hydrogen-bond acceptors (Lipinski definition) is 3. The molecule has 100 valence electrons. The molecule has 1 amide bonds. The first kappa shape index (κ1) is 14.5. The number of ether oxygens (including phenoxy) is 1. The lowest BCUT2D eigenvalue weighted by Crippen LogP contribution is -2.38. The van der Waals surface area contributed by atoms with Gasteiger partial charge in [-0.3, -0.25) is 9.69 Å². The Morgan fingerprint density at radius 1 is 1.44 bits per heavy atom. The van der Waals surface area contributed by atoms with Gasteiger partial charge < -0.3 is 10.5 Å². The van der Waals surface area contributed by atoms with Crippen LogP contribution in [0.1, 0.15) is 25.0 Å². The summed E-state index contributed by atoms with van der Waals surface area (Å²) >= 11 is 0. The average molecular weight is 250 g/mol. The van der Waals surface area contributed by atoms with E-state index in [4.69, 9.17) is 10.5 Å². The molecule has 0 heterocycles. The molecular formula is C14H22N2O2. The number of benzene rings is 1. The van der Waals surface area contributed by atoms with Gasteiger partial charge in [0.2, 0.25) is 5.91 Å². The van der Waals surface area contributed by atoms with Gasteiger partial charge >= 0.3 is 0 Å². The highest BCUT2D eigenvalue weighted by molar-refractivity contribution is 5.75. The molecular weight excluding hydrogens is 228 g/mol. The molecule has 4 heteroatoms. The number of nitrogens with two attached hydrogens (primary N) is 1. The molecule has 0 aromatic heterocycles. The van der Waals surface area contributed by atoms with Crippen LogP contribution in [0.2, 0.25) is 0 Å². The fourth-order valence-corrected chi connectivity index (χ4v) is 1.87. The molecule has 0 saturated carbocycles. The third kappa shape index (κ3) is 4.04. The van der Waals surface area contributed by atoms with Gasteiger partial charge in [0.25, 0.3) is 0 Å². The Bertz CT molecular complexity index is 416. The van der Waals surface area contributed by atoms with Crippen molar-refractivity contribution < 1.29 is 9.53 Å². The van der Waals surface area contributed by atoms with Gasteiger partial charge in [0.15, 0.2) is 0 Å². The van der Waals surface area contributed by atoms with Crippen molar-refractivity contribution in [1.29, 1.82) is 0 Å². The van der Waals surface area contributed by atoms with Crippen molar-refractivity contribution in [1.82, 2.24) is 4.90 Å². The first-order valence-corrected chi connectivity index (χ1v) is 6.10. The fourth-order valence-electron chi connectivity index (χ4n) is 1.87. The van der Waals surface area contributed by atoms with E-state index in [9.17, 15) is 4.79 Å². The molecule has 0 spiro atoms. The summed E-state index contributed by atoms with van der Waals surface area (Å²) in [6.45, 7) is 7.05. The molecule has 0 aliphatic rings. The number of hydrogen-bond donors (Lipinski definition) is 1. The number of methoxy groups -OCH3 is 1. The maximum Gasteiger partial charge on any atom is 0.231 e. The smallest absolute Gasteiger partial charge is 0.231 e. The van der Waals surface area contributed by atoms with Crippen LogP contribution in [0.25, 0.3) is 0 Å². The topological polar surface area (TPSA) is 55.6 Å². The summed E-state index contributed by atoms with van der Waals surface area (Å²) in [6, 6.07) is 6.29. The second kappa shape index (κ2) is 6.40. The van der Waals surface area contributed by atoms with E-state index in [0.717, 1.165) is 11.3 Å². The lowest BCUT2D eigenvalue weighted by Gasteiger charge is -2.25. The van der Waals surface area contributed by atoms with E-state index in [0.29, 0.717) is 6.54 Å². The lowest BCUT2D eigenvalue weighted by atomic mass is 10.1. The second-order valence-electron chi connectivity index (χ2n) is 4.78. The minimum atomic E-state index is -0.310. The van der Waals surface area contributed by atoms with Crippen molar-refractivity contribution in [2.75, 3.05) is 13.7 Å². The number of carbonyl (C=O) groups is 1. The van der Waals surface area contributed by atoms with E-state index in [1.54, 1.807) is 7.11 Å². The molecule has 0 saturated heterocycles. The van der Waals surface area contributed by atoms with Gasteiger partial charge in [-0.1, -0.05) is 17.7 Å². The molecule has 18 heavy (non-hydrogen) atoms. The van der Waals surface area contributed by atoms with Crippen molar-refractivity contribution in [2.24, 2.45) is 5.73 Å². The molecule has 0 radical (unpaired) electrons. The van der Waals surface area contributed by atoms with Crippen LogP contribution in [0.3, 0.4) is 0 Å². The Hall–Kier alpha value is -1.55. The first-order valence-electron chi connectivity index (χ1n) is 6.10. The molecule has 1 rings (SSSR count). The molecule has 0 atom stereocenters. The van der Waals surface area contributed by atoms with Crippen molar-refractivity contribution in [2.45, 2.75) is 33.4 Å². The summed E-state index contributed by atoms with van der Waals surface area (Å²) in [7, 11) is 1.65. The predicted octanol–water partition coefficient (Wildman–Crippen LogP) is 1.70. The SMILES string of the molecule is COc1ccc(C)cc1CN(CC(N)=O)C(C)C. The summed E-state index contributed by atoms with van der Waals surface area (Å²) in [5.74, 6) is 0.533. The number of primary amides is 1. The largest absolute Gasteiger partial charge is 0.496 e. The standard InChI is InChI=1S/C14H22N2O2/c1-10(2)16(9-14(15)17)8-12-7-11(3)5-6-13(12)18-4/h5-7,10H,8-9H2,1-4H3,(H2,15,17). The van der Waals surface area contributed by atoms with Gasteiger partial charge in [0.1, 0.15) is 5.75 Å². The number of aryl methyl sites for hydroxylation is 1. The predicted molar refractivity (Wildman–Crippen MR) is 72.5 cm³/mol. The van der Waals surface area contributed by atoms with Crippen LogP contribution in [0.5, 0.6) is 5.75 Å². The highest BCUT2D eigenvalue weighted by atomic mass is 16.5. The van der Waals surface area contributed by atoms with Crippen LogP contribution in [0.4, 0.5) is 0 Å². The molecule has 0 fully saturated rings. The number of rotatable bonds is 6. The maximum absolute atomic E-state index is 11.1. The van der Waals surface area contributed by atoms with E-state index in [-0.39, 0.29) is 18.5 Å². The fraction of sp³-hybridized carbons (Fsp3) is 0.500. The highest BCUT2D eigenvalue weighted by Crippen LogP contribution is 2.22. The summed E-state index contributed by atoms with van der Waals surface area (Å²) < 4.78 is 5.34. The lowest BCUT2D eigenvalue weighted by molar-refractivity contribution is -0.119. The molecule has 0 aliphatic carbocycles. The van der Waals surface area contributed by atoms with Gasteiger partial charge in [-0.25, -0.2) is 0 Å². The van der Waals surface area contributed by atoms with Crippen LogP contribution >= 0.6 is 0 Å². The minimum Gasteiger partial charge on any atom is -0.496 e. The van der Waals surface area contributed by atoms with Crippen molar-refractivity contribution in [3.05, 3.63) is 29.3 Å². The molecule has 0 unspecified atom stereocenters. The molecule has 1 aromatic carbocycles. The zero-order valence-corrected chi connectivity index (χ0v) is 11.6. The third-order valence-corrected chi connectivity index (χ3v) is 2.90. The normalized spacial score (nSPS) is 11.0. The first-order chi connectivity index (χ1) is 8.43. The van der Waals surface area contributed by atoms with Gasteiger partial charge in [-0.15, -0.1) is 0 Å². The van der Waals surface area contributed by atoms with Crippen molar-refractivity contribution >= 4 is 5.91 Å². The van der Waals surface area contributed by atoms with E-state index in [1.807, 2.05) is 37.8 Å². The Morgan fingerprint density at radius 3 is 2.61 bits per heavy atom. The summed E-state index contributed by atoms with van der Waals surface area (Å²) in [5.41, 5.74) is 7.52. The third-order valence-electron chi connectivity index (χ3n) is 2.90. The molecule has 0 bridgehead atoms. The summed E-state index contributed by atoms with van der Waals surface area (Å²) in [6.07, 6.45) is 0. The molecule has 4 nitrogen and oxygen atoms in total. The number of amides is 1. The Labute approximate surface area is 109 Å². The Balaban J connectivity index is 2.92. The van der Waals surface area contributed by atoms with Crippen LogP contribution in [0.15, 0.2) is 18.2 Å². The zero-order chi connectivity index (χ0) is 13.7. The van der Waals surface area contributed by atoms with Gasteiger partial charge in [0.05, 0.1) is 13.7 Å². The average Bonchev–Trinajstić information content (AvgIpc) is 2.27. The van der Waals surface area contributed by atoms with Crippen LogP contribution in [0, 0.1) is 6.92 Å². The summed E-state index contributed by atoms with van der Waals surface area (Å²) in [4.78, 5) is 13.1. The molecule has 1 aromatic rings. The van der Waals surface area contributed by atoms with E-state index < -0.39 is 0 Å². The van der Waals surface area contributed by atoms with Crippen molar-refractivity contribution in [3.8, 4) is 5.75 Å². The second-order valence-corrected chi connectivity index (χ2v) is 4.78. The van der Waals surface area contributed by atoms with Crippen LogP contribution in [-0.4, -0.2) is 30.5 Å². The Kier molecular flexibility index (Phi) is 5.16. The van der Waals surface area contributed by atoms with Gasteiger partial charge in [-0.05, 0) is 26.8 Å². The minimum absolute atomic E-state index is 0.253. The van der Waals surface area contributed by atoms with Gasteiger partial charge in [0, 0.05) is 18.2 Å². The zero-order valence-electron chi connectivity index (χ0n) is 11.6. The molecule has 0 aliphatic heterocycles. The van der Waals surface area contributed by atoms with Crippen LogP contribution < -0.4 is 10.5 Å². The molecule has 2 N–H and O–H groups in total. The van der Waals surface area contributed by atoms with Crippen LogP contribution in [-0.2, 0) is 11.3 Å². The Morgan fingerprint density at radius 2 is 2.11 bits per heavy atom. The van der Waals surface area contributed by atoms with E-state index in [2.05, 4.69) is 6.07 Å². The monoisotopic (exact) mass is 250 g/mol. The highest BCUT2D eigenvalue weighted by Gasteiger charge is 2.15. The number of carbonyl (C=O) groups excluding carboxylic acids is 1. The van der Waals surface area contributed by atoms with Gasteiger partial charge in [-0.2, -0.15) is 0 Å². The van der Waals surface area contributed by atoms with E-state index >= 15 is 0 Å². The summed E-state index contributed by atoms with van der Waals surface area (Å²) in [5, 5.41) is 0.